The fraction of sp³-hybridized carbons (Fsp3) is 0.909. The van der Waals surface area contributed by atoms with Gasteiger partial charge in [-0.15, -0.1) is 0 Å². The fourth-order valence-corrected chi connectivity index (χ4v) is 2.79. The molecule has 0 aromatic heterocycles. The molecular weight excluding hydrogens is 222 g/mol. The molecule has 2 atom stereocenters. The van der Waals surface area contributed by atoms with Crippen LogP contribution < -0.4 is 5.32 Å². The van der Waals surface area contributed by atoms with E-state index >= 15 is 0 Å². The van der Waals surface area contributed by atoms with E-state index in [9.17, 15) is 4.79 Å². The van der Waals surface area contributed by atoms with Gasteiger partial charge in [0.05, 0.1) is 12.5 Å². The van der Waals surface area contributed by atoms with Gasteiger partial charge in [0.1, 0.15) is 0 Å². The van der Waals surface area contributed by atoms with Gasteiger partial charge in [0, 0.05) is 7.11 Å². The zero-order valence-electron chi connectivity index (χ0n) is 11.1. The number of hydrogen-bond acceptors (Lipinski definition) is 3. The minimum Gasteiger partial charge on any atom is -0.409 e. The first kappa shape index (κ1) is 13.7. The lowest BCUT2D eigenvalue weighted by Crippen LogP contribution is -2.47. The highest BCUT2D eigenvalue weighted by Gasteiger charge is 2.43. The third-order valence-corrected chi connectivity index (χ3v) is 8.04. The maximum atomic E-state index is 11.3. The van der Waals surface area contributed by atoms with Gasteiger partial charge >= 0.3 is 0 Å². The lowest BCUT2D eigenvalue weighted by atomic mass is 10.2. The largest absolute Gasteiger partial charge is 0.409 e. The average Bonchev–Trinajstić information content (AvgIpc) is 2.43. The molecule has 0 aromatic carbocycles. The van der Waals surface area contributed by atoms with Crippen LogP contribution in [0.5, 0.6) is 0 Å². The molecule has 0 aliphatic carbocycles. The van der Waals surface area contributed by atoms with Crippen LogP contribution in [-0.2, 0) is 14.0 Å². The Morgan fingerprint density at radius 2 is 1.94 bits per heavy atom. The molecule has 1 rings (SSSR count). The molecule has 1 saturated heterocycles. The van der Waals surface area contributed by atoms with Gasteiger partial charge in [0.15, 0.2) is 14.5 Å². The van der Waals surface area contributed by atoms with E-state index in [0.29, 0.717) is 6.42 Å². The zero-order valence-corrected chi connectivity index (χ0v) is 12.1. The van der Waals surface area contributed by atoms with Crippen LogP contribution in [0.2, 0.25) is 18.1 Å². The maximum Gasteiger partial charge on any atom is 0.224 e. The summed E-state index contributed by atoms with van der Waals surface area (Å²) in [7, 11) is -0.234. The molecule has 16 heavy (non-hydrogen) atoms. The second-order valence-electron chi connectivity index (χ2n) is 5.84. The van der Waals surface area contributed by atoms with E-state index in [1.807, 2.05) is 0 Å². The Hall–Kier alpha value is -0.393. The number of nitrogens with one attached hydrogen (secondary N) is 1. The highest BCUT2D eigenvalue weighted by Crippen LogP contribution is 2.38. The highest BCUT2D eigenvalue weighted by atomic mass is 28.4. The summed E-state index contributed by atoms with van der Waals surface area (Å²) >= 11 is 0. The number of carbonyl (C=O) groups is 1. The van der Waals surface area contributed by atoms with Gasteiger partial charge in [0.25, 0.3) is 0 Å². The van der Waals surface area contributed by atoms with Gasteiger partial charge in [-0.2, -0.15) is 0 Å². The van der Waals surface area contributed by atoms with Crippen LogP contribution in [-0.4, -0.2) is 33.7 Å². The van der Waals surface area contributed by atoms with E-state index in [0.717, 1.165) is 0 Å². The molecule has 1 unspecified atom stereocenters. The molecule has 1 amide bonds. The molecule has 0 aromatic rings. The van der Waals surface area contributed by atoms with E-state index < -0.39 is 8.32 Å². The molecule has 1 N–H and O–H groups in total. The van der Waals surface area contributed by atoms with E-state index in [1.54, 1.807) is 7.11 Å². The van der Waals surface area contributed by atoms with Crippen LogP contribution in [0.4, 0.5) is 0 Å². The summed E-state index contributed by atoms with van der Waals surface area (Å²) in [6.45, 7) is 10.9. The van der Waals surface area contributed by atoms with Crippen molar-refractivity contribution in [3.05, 3.63) is 0 Å². The van der Waals surface area contributed by atoms with Crippen LogP contribution >= 0.6 is 0 Å². The smallest absolute Gasteiger partial charge is 0.224 e. The van der Waals surface area contributed by atoms with Crippen molar-refractivity contribution in [3.8, 4) is 0 Å². The van der Waals surface area contributed by atoms with Gasteiger partial charge in [0.2, 0.25) is 5.91 Å². The van der Waals surface area contributed by atoms with E-state index in [1.165, 1.54) is 0 Å². The van der Waals surface area contributed by atoms with E-state index in [2.05, 4.69) is 39.2 Å². The predicted octanol–water partition coefficient (Wildman–Crippen LogP) is 1.87. The normalized spacial score (nSPS) is 27.0. The molecular formula is C11H23NO3Si. The predicted molar refractivity (Wildman–Crippen MR) is 65.6 cm³/mol. The zero-order chi connectivity index (χ0) is 12.6. The fourth-order valence-electron chi connectivity index (χ4n) is 1.47. The van der Waals surface area contributed by atoms with Crippen LogP contribution in [0.25, 0.3) is 0 Å². The minimum absolute atomic E-state index is 0.00978. The molecule has 0 saturated carbocycles. The topological polar surface area (TPSA) is 47.6 Å². The van der Waals surface area contributed by atoms with Crippen molar-refractivity contribution >= 4 is 14.2 Å². The van der Waals surface area contributed by atoms with Crippen molar-refractivity contribution in [1.82, 2.24) is 5.32 Å². The van der Waals surface area contributed by atoms with E-state index in [4.69, 9.17) is 9.16 Å². The van der Waals surface area contributed by atoms with Gasteiger partial charge in [-0.3, -0.25) is 4.79 Å². The Kier molecular flexibility index (Phi) is 3.82. The summed E-state index contributed by atoms with van der Waals surface area (Å²) in [6.07, 6.45) is -0.0228. The number of ether oxygens (including phenoxy) is 1. The van der Waals surface area contributed by atoms with Crippen molar-refractivity contribution in [1.29, 1.82) is 0 Å². The van der Waals surface area contributed by atoms with Crippen LogP contribution in [0.3, 0.4) is 0 Å². The first-order valence-electron chi connectivity index (χ1n) is 5.67. The summed E-state index contributed by atoms with van der Waals surface area (Å²) in [4.78, 5) is 11.3. The van der Waals surface area contributed by atoms with Crippen molar-refractivity contribution < 1.29 is 14.0 Å². The Morgan fingerprint density at radius 1 is 1.38 bits per heavy atom. The molecule has 1 fully saturated rings. The Morgan fingerprint density at radius 3 is 2.38 bits per heavy atom. The third kappa shape index (κ3) is 2.84. The molecule has 1 aliphatic rings. The summed E-state index contributed by atoms with van der Waals surface area (Å²) in [5.41, 5.74) is 0. The van der Waals surface area contributed by atoms with E-state index in [-0.39, 0.29) is 23.3 Å². The molecule has 0 radical (unpaired) electrons. The quantitative estimate of drug-likeness (QED) is 0.772. The van der Waals surface area contributed by atoms with Crippen molar-refractivity contribution in [2.24, 2.45) is 0 Å². The number of hydrogen-bond donors (Lipinski definition) is 1. The maximum absolute atomic E-state index is 11.3. The minimum atomic E-state index is -1.83. The first-order chi connectivity index (χ1) is 7.17. The number of amides is 1. The second kappa shape index (κ2) is 4.47. The summed E-state index contributed by atoms with van der Waals surface area (Å²) in [6, 6.07) is 0. The van der Waals surface area contributed by atoms with Gasteiger partial charge < -0.3 is 14.5 Å². The van der Waals surface area contributed by atoms with Gasteiger partial charge in [-0.05, 0) is 18.1 Å². The molecule has 0 bridgehead atoms. The standard InChI is InChI=1S/C11H23NO3Si/c1-11(2,3)16(5,6)15-8-7-9(13)12-10(8)14-4/h8,10H,7H2,1-6H3,(H,12,13)/t8-,10?/m0/s1. The molecule has 1 aliphatic heterocycles. The second-order valence-corrected chi connectivity index (χ2v) is 10.6. The lowest BCUT2D eigenvalue weighted by Gasteiger charge is -2.39. The summed E-state index contributed by atoms with van der Waals surface area (Å²) < 4.78 is 11.4. The number of carbonyl (C=O) groups excluding carboxylic acids is 1. The number of rotatable bonds is 3. The van der Waals surface area contributed by atoms with Crippen molar-refractivity contribution in [2.45, 2.75) is 57.7 Å². The van der Waals surface area contributed by atoms with Crippen molar-refractivity contribution in [3.63, 3.8) is 0 Å². The van der Waals surface area contributed by atoms with Crippen LogP contribution in [0.15, 0.2) is 0 Å². The first-order valence-corrected chi connectivity index (χ1v) is 8.58. The monoisotopic (exact) mass is 245 g/mol. The summed E-state index contributed by atoms with van der Waals surface area (Å²) in [5, 5.41) is 2.91. The van der Waals surface area contributed by atoms with Gasteiger partial charge in [-0.25, -0.2) is 0 Å². The molecule has 4 nitrogen and oxygen atoms in total. The summed E-state index contributed by atoms with van der Waals surface area (Å²) in [5.74, 6) is 0.00978. The third-order valence-electron chi connectivity index (χ3n) is 3.53. The molecule has 94 valence electrons. The number of methoxy groups -OCH3 is 1. The Balaban J connectivity index is 2.70. The van der Waals surface area contributed by atoms with Crippen LogP contribution in [0, 0.1) is 0 Å². The SMILES string of the molecule is COC1NC(=O)C[C@@H]1O[Si](C)(C)C(C)(C)C. The van der Waals surface area contributed by atoms with Gasteiger partial charge in [-0.1, -0.05) is 20.8 Å². The molecule has 0 spiro atoms. The Labute approximate surface area is 98.8 Å². The molecule has 5 heteroatoms. The lowest BCUT2D eigenvalue weighted by molar-refractivity contribution is -0.120. The Bertz CT molecular complexity index is 273. The average molecular weight is 245 g/mol. The molecule has 1 heterocycles. The van der Waals surface area contributed by atoms with Crippen LogP contribution in [0.1, 0.15) is 27.2 Å². The van der Waals surface area contributed by atoms with Crippen molar-refractivity contribution in [2.75, 3.05) is 7.11 Å². The highest BCUT2D eigenvalue weighted by molar-refractivity contribution is 6.74.